The third kappa shape index (κ3) is 4.74. The summed E-state index contributed by atoms with van der Waals surface area (Å²) in [4.78, 5) is 16.5. The summed E-state index contributed by atoms with van der Waals surface area (Å²) in [5, 5.41) is 3.67. The van der Waals surface area contributed by atoms with Gasteiger partial charge in [-0.1, -0.05) is 23.4 Å². The van der Waals surface area contributed by atoms with Crippen LogP contribution in [0.3, 0.4) is 0 Å². The lowest BCUT2D eigenvalue weighted by atomic mass is 10.2. The number of hydrogen-bond donors (Lipinski definition) is 0. The zero-order chi connectivity index (χ0) is 17.4. The van der Waals surface area contributed by atoms with Crippen LogP contribution in [-0.4, -0.2) is 33.0 Å². The first kappa shape index (κ1) is 17.3. The summed E-state index contributed by atoms with van der Waals surface area (Å²) < 4.78 is 15.7. The highest BCUT2D eigenvalue weighted by Crippen LogP contribution is 2.22. The molecule has 0 amide bonds. The molecule has 126 valence electrons. The van der Waals surface area contributed by atoms with Crippen molar-refractivity contribution < 1.29 is 23.8 Å². The molecule has 0 bridgehead atoms. The molecule has 0 spiro atoms. The van der Waals surface area contributed by atoms with E-state index >= 15 is 0 Å². The van der Waals surface area contributed by atoms with Gasteiger partial charge < -0.3 is 19.0 Å². The fourth-order valence-electron chi connectivity index (χ4n) is 1.96. The number of hydrogen-bond acceptors (Lipinski definition) is 6. The Morgan fingerprint density at radius 2 is 1.88 bits per heavy atom. The van der Waals surface area contributed by atoms with Gasteiger partial charge >= 0.3 is 5.97 Å². The van der Waals surface area contributed by atoms with Crippen LogP contribution in [0.15, 0.2) is 47.6 Å². The van der Waals surface area contributed by atoms with Crippen molar-refractivity contribution >= 4 is 12.2 Å². The monoisotopic (exact) mass is 329 g/mol. The smallest absolute Gasteiger partial charge is 0.372 e. The van der Waals surface area contributed by atoms with Crippen molar-refractivity contribution in [1.29, 1.82) is 0 Å². The van der Waals surface area contributed by atoms with E-state index in [9.17, 15) is 4.79 Å². The standard InChI is InChI=1S/C18H19NO5/c1-13-6-4-5-7-16(13)23-12-18(20)24-19-11-14-10-15(21-2)8-9-17(14)22-3/h4-11H,12H2,1-3H3/b19-11+. The summed E-state index contributed by atoms with van der Waals surface area (Å²) >= 11 is 0. The maximum atomic E-state index is 11.7. The normalized spacial score (nSPS) is 10.5. The number of rotatable bonds is 7. The van der Waals surface area contributed by atoms with Gasteiger partial charge in [0.2, 0.25) is 0 Å². The van der Waals surface area contributed by atoms with E-state index in [4.69, 9.17) is 19.0 Å². The molecular formula is C18H19NO5. The van der Waals surface area contributed by atoms with Gasteiger partial charge in [-0.25, -0.2) is 4.79 Å². The average Bonchev–Trinajstić information content (AvgIpc) is 2.61. The van der Waals surface area contributed by atoms with Gasteiger partial charge in [0.1, 0.15) is 17.2 Å². The molecule has 2 aromatic carbocycles. The van der Waals surface area contributed by atoms with Crippen LogP contribution in [0.5, 0.6) is 17.2 Å². The minimum atomic E-state index is -0.601. The largest absolute Gasteiger partial charge is 0.497 e. The van der Waals surface area contributed by atoms with Gasteiger partial charge in [0.15, 0.2) is 6.61 Å². The number of carbonyl (C=O) groups is 1. The number of aryl methyl sites for hydroxylation is 1. The Morgan fingerprint density at radius 1 is 1.08 bits per heavy atom. The number of oxime groups is 1. The lowest BCUT2D eigenvalue weighted by Gasteiger charge is -2.07. The summed E-state index contributed by atoms with van der Waals surface area (Å²) in [6.45, 7) is 1.67. The fourth-order valence-corrected chi connectivity index (χ4v) is 1.96. The Kier molecular flexibility index (Phi) is 6.19. The molecule has 0 aromatic heterocycles. The van der Waals surface area contributed by atoms with E-state index in [0.29, 0.717) is 22.8 Å². The molecule has 0 aliphatic rings. The van der Waals surface area contributed by atoms with Crippen LogP contribution in [-0.2, 0) is 9.63 Å². The molecule has 0 saturated heterocycles. The first-order valence-corrected chi connectivity index (χ1v) is 7.27. The quantitative estimate of drug-likeness (QED) is 0.444. The molecule has 6 nitrogen and oxygen atoms in total. The lowest BCUT2D eigenvalue weighted by molar-refractivity contribution is -0.145. The average molecular weight is 329 g/mol. The van der Waals surface area contributed by atoms with Gasteiger partial charge in [-0.15, -0.1) is 0 Å². The van der Waals surface area contributed by atoms with Crippen molar-refractivity contribution in [2.24, 2.45) is 5.16 Å². The third-order valence-electron chi connectivity index (χ3n) is 3.22. The van der Waals surface area contributed by atoms with E-state index in [1.165, 1.54) is 6.21 Å². The van der Waals surface area contributed by atoms with E-state index in [1.807, 2.05) is 25.1 Å². The molecule has 0 unspecified atom stereocenters. The highest BCUT2D eigenvalue weighted by Gasteiger charge is 2.06. The fraction of sp³-hybridized carbons (Fsp3) is 0.222. The maximum absolute atomic E-state index is 11.7. The second-order valence-electron chi connectivity index (χ2n) is 4.86. The maximum Gasteiger partial charge on any atom is 0.372 e. The van der Waals surface area contributed by atoms with Crippen LogP contribution < -0.4 is 14.2 Å². The molecule has 24 heavy (non-hydrogen) atoms. The number of methoxy groups -OCH3 is 2. The second kappa shape index (κ2) is 8.57. The Labute approximate surface area is 140 Å². The molecule has 0 aliphatic heterocycles. The van der Waals surface area contributed by atoms with E-state index < -0.39 is 5.97 Å². The molecular weight excluding hydrogens is 310 g/mol. The zero-order valence-electron chi connectivity index (χ0n) is 13.8. The van der Waals surface area contributed by atoms with Gasteiger partial charge in [-0.3, -0.25) is 0 Å². The van der Waals surface area contributed by atoms with Gasteiger partial charge in [-0.2, -0.15) is 0 Å². The van der Waals surface area contributed by atoms with Crippen molar-refractivity contribution in [1.82, 2.24) is 0 Å². The first-order valence-electron chi connectivity index (χ1n) is 7.27. The van der Waals surface area contributed by atoms with Crippen LogP contribution in [0.4, 0.5) is 0 Å². The van der Waals surface area contributed by atoms with Crippen molar-refractivity contribution in [3.63, 3.8) is 0 Å². The van der Waals surface area contributed by atoms with Crippen LogP contribution >= 0.6 is 0 Å². The van der Waals surface area contributed by atoms with Crippen LogP contribution in [0.1, 0.15) is 11.1 Å². The minimum Gasteiger partial charge on any atom is -0.497 e. The van der Waals surface area contributed by atoms with E-state index in [-0.39, 0.29) is 6.61 Å². The molecule has 0 fully saturated rings. The highest BCUT2D eigenvalue weighted by molar-refractivity contribution is 5.84. The van der Waals surface area contributed by atoms with E-state index in [1.54, 1.807) is 38.5 Å². The highest BCUT2D eigenvalue weighted by atomic mass is 16.7. The summed E-state index contributed by atoms with van der Waals surface area (Å²) in [5.41, 5.74) is 1.57. The summed E-state index contributed by atoms with van der Waals surface area (Å²) in [6, 6.07) is 12.6. The second-order valence-corrected chi connectivity index (χ2v) is 4.86. The molecule has 6 heteroatoms. The van der Waals surface area contributed by atoms with Crippen LogP contribution in [0.25, 0.3) is 0 Å². The minimum absolute atomic E-state index is 0.225. The Hall–Kier alpha value is -3.02. The van der Waals surface area contributed by atoms with Crippen molar-refractivity contribution in [2.75, 3.05) is 20.8 Å². The first-order chi connectivity index (χ1) is 11.6. The molecule has 0 heterocycles. The van der Waals surface area contributed by atoms with Crippen molar-refractivity contribution in [3.8, 4) is 17.2 Å². The molecule has 0 radical (unpaired) electrons. The number of carbonyl (C=O) groups excluding carboxylic acids is 1. The topological polar surface area (TPSA) is 66.3 Å². The predicted molar refractivity (Wildman–Crippen MR) is 89.9 cm³/mol. The van der Waals surface area contributed by atoms with Gasteiger partial charge in [-0.05, 0) is 36.8 Å². The van der Waals surface area contributed by atoms with E-state index in [0.717, 1.165) is 5.56 Å². The number of nitrogens with zero attached hydrogens (tertiary/aromatic N) is 1. The third-order valence-corrected chi connectivity index (χ3v) is 3.22. The Balaban J connectivity index is 1.91. The van der Waals surface area contributed by atoms with Crippen LogP contribution in [0.2, 0.25) is 0 Å². The van der Waals surface area contributed by atoms with Gasteiger partial charge in [0, 0.05) is 5.56 Å². The Morgan fingerprint density at radius 3 is 2.58 bits per heavy atom. The summed E-state index contributed by atoms with van der Waals surface area (Å²) in [6.07, 6.45) is 1.38. The Bertz CT molecular complexity index is 727. The molecule has 0 aliphatic carbocycles. The van der Waals surface area contributed by atoms with Crippen molar-refractivity contribution in [2.45, 2.75) is 6.92 Å². The van der Waals surface area contributed by atoms with Crippen molar-refractivity contribution in [3.05, 3.63) is 53.6 Å². The number of benzene rings is 2. The lowest BCUT2D eigenvalue weighted by Crippen LogP contribution is -2.13. The van der Waals surface area contributed by atoms with Gasteiger partial charge in [0.25, 0.3) is 0 Å². The number of ether oxygens (including phenoxy) is 3. The molecule has 0 saturated carbocycles. The summed E-state index contributed by atoms with van der Waals surface area (Å²) in [5.74, 6) is 1.27. The molecule has 2 rings (SSSR count). The SMILES string of the molecule is COc1ccc(OC)c(/C=N/OC(=O)COc2ccccc2C)c1. The summed E-state index contributed by atoms with van der Waals surface area (Å²) in [7, 11) is 3.10. The van der Waals surface area contributed by atoms with Gasteiger partial charge in [0.05, 0.1) is 20.4 Å². The predicted octanol–water partition coefficient (Wildman–Crippen LogP) is 2.97. The van der Waals surface area contributed by atoms with Crippen LogP contribution in [0, 0.1) is 6.92 Å². The molecule has 0 N–H and O–H groups in total. The molecule has 0 atom stereocenters. The number of para-hydroxylation sites is 1. The van der Waals surface area contributed by atoms with E-state index in [2.05, 4.69) is 5.16 Å². The zero-order valence-corrected chi connectivity index (χ0v) is 13.8. The molecule has 2 aromatic rings.